The molecular formula is C14H28O2. The smallest absolute Gasteiger partial charge is 0.0598 e. The lowest BCUT2D eigenvalue weighted by atomic mass is 9.64. The third-order valence-corrected chi connectivity index (χ3v) is 3.79. The number of ether oxygens (including phenoxy) is 2. The molecule has 0 aromatic rings. The summed E-state index contributed by atoms with van der Waals surface area (Å²) in [5.74, 6) is 0.608. The van der Waals surface area contributed by atoms with Crippen molar-refractivity contribution in [1.29, 1.82) is 0 Å². The maximum atomic E-state index is 5.97. The lowest BCUT2D eigenvalue weighted by molar-refractivity contribution is -0.208. The minimum atomic E-state index is -0.0554. The number of rotatable bonds is 3. The summed E-state index contributed by atoms with van der Waals surface area (Å²) in [6, 6.07) is 0. The van der Waals surface area contributed by atoms with Crippen LogP contribution in [0.25, 0.3) is 0 Å². The van der Waals surface area contributed by atoms with Crippen molar-refractivity contribution in [1.82, 2.24) is 0 Å². The van der Waals surface area contributed by atoms with Crippen molar-refractivity contribution in [3.05, 3.63) is 0 Å². The van der Waals surface area contributed by atoms with Crippen LogP contribution in [-0.4, -0.2) is 25.4 Å². The minimum Gasteiger partial charge on any atom is -0.380 e. The Morgan fingerprint density at radius 2 is 1.62 bits per heavy atom. The molecule has 2 nitrogen and oxygen atoms in total. The normalized spacial score (nSPS) is 22.7. The summed E-state index contributed by atoms with van der Waals surface area (Å²) in [5.41, 5.74) is 0.483. The fourth-order valence-corrected chi connectivity index (χ4v) is 2.10. The van der Waals surface area contributed by atoms with Crippen molar-refractivity contribution < 1.29 is 9.47 Å². The first-order valence-electron chi connectivity index (χ1n) is 6.29. The Hall–Kier alpha value is -0.0800. The van der Waals surface area contributed by atoms with Gasteiger partial charge in [0.2, 0.25) is 0 Å². The zero-order chi connectivity index (χ0) is 12.6. The summed E-state index contributed by atoms with van der Waals surface area (Å²) in [6.45, 7) is 18.1. The Bertz CT molecular complexity index is 228. The quantitative estimate of drug-likeness (QED) is 0.736. The molecule has 0 amide bonds. The molecule has 1 heterocycles. The average Bonchev–Trinajstić information content (AvgIpc) is 1.97. The molecule has 2 heteroatoms. The summed E-state index contributed by atoms with van der Waals surface area (Å²) in [6.07, 6.45) is 0. The van der Waals surface area contributed by atoms with Crippen molar-refractivity contribution >= 4 is 0 Å². The highest BCUT2D eigenvalue weighted by atomic mass is 16.5. The molecule has 0 unspecified atom stereocenters. The van der Waals surface area contributed by atoms with E-state index in [9.17, 15) is 0 Å². The van der Waals surface area contributed by atoms with Gasteiger partial charge in [0.15, 0.2) is 0 Å². The van der Waals surface area contributed by atoms with Crippen LogP contribution in [0.4, 0.5) is 0 Å². The molecule has 0 N–H and O–H groups in total. The highest BCUT2D eigenvalue weighted by Crippen LogP contribution is 2.45. The van der Waals surface area contributed by atoms with Crippen LogP contribution in [0.5, 0.6) is 0 Å². The van der Waals surface area contributed by atoms with E-state index in [1.165, 1.54) is 0 Å². The first-order valence-corrected chi connectivity index (χ1v) is 6.29. The Morgan fingerprint density at radius 1 is 1.12 bits per heavy atom. The molecule has 1 aliphatic rings. The van der Waals surface area contributed by atoms with Gasteiger partial charge in [-0.25, -0.2) is 0 Å². The largest absolute Gasteiger partial charge is 0.380 e. The molecule has 1 atom stereocenters. The summed E-state index contributed by atoms with van der Waals surface area (Å²) >= 11 is 0. The second-order valence-corrected chi connectivity index (χ2v) is 7.34. The van der Waals surface area contributed by atoms with Crippen LogP contribution in [0.3, 0.4) is 0 Å². The molecule has 0 saturated carbocycles. The van der Waals surface area contributed by atoms with Crippen LogP contribution in [0.2, 0.25) is 0 Å². The van der Waals surface area contributed by atoms with Crippen LogP contribution >= 0.6 is 0 Å². The second-order valence-electron chi connectivity index (χ2n) is 7.34. The van der Waals surface area contributed by atoms with E-state index in [0.717, 1.165) is 19.8 Å². The highest BCUT2D eigenvalue weighted by Gasteiger charge is 2.48. The molecule has 1 aliphatic heterocycles. The van der Waals surface area contributed by atoms with Gasteiger partial charge in [0.25, 0.3) is 0 Å². The van der Waals surface area contributed by atoms with Crippen LogP contribution < -0.4 is 0 Å². The lowest BCUT2D eigenvalue weighted by Crippen LogP contribution is -2.55. The van der Waals surface area contributed by atoms with E-state index < -0.39 is 0 Å². The van der Waals surface area contributed by atoms with E-state index in [2.05, 4.69) is 48.5 Å². The van der Waals surface area contributed by atoms with E-state index in [4.69, 9.17) is 9.47 Å². The predicted octanol–water partition coefficient (Wildman–Crippen LogP) is 3.50. The second kappa shape index (κ2) is 4.30. The predicted molar refractivity (Wildman–Crippen MR) is 67.6 cm³/mol. The van der Waals surface area contributed by atoms with E-state index in [0.29, 0.717) is 11.3 Å². The van der Waals surface area contributed by atoms with E-state index >= 15 is 0 Å². The molecule has 1 rings (SSSR count). The minimum absolute atomic E-state index is 0.0554. The third kappa shape index (κ3) is 3.21. The first-order chi connectivity index (χ1) is 7.07. The van der Waals surface area contributed by atoms with Crippen LogP contribution in [0, 0.1) is 16.7 Å². The Labute approximate surface area is 101 Å². The third-order valence-electron chi connectivity index (χ3n) is 3.79. The Kier molecular flexibility index (Phi) is 3.76. The topological polar surface area (TPSA) is 18.5 Å². The van der Waals surface area contributed by atoms with Crippen LogP contribution in [-0.2, 0) is 9.47 Å². The lowest BCUT2D eigenvalue weighted by Gasteiger charge is -2.51. The number of hydrogen-bond donors (Lipinski definition) is 0. The first kappa shape index (κ1) is 14.0. The van der Waals surface area contributed by atoms with Gasteiger partial charge in [-0.2, -0.15) is 0 Å². The van der Waals surface area contributed by atoms with Gasteiger partial charge in [-0.05, 0) is 32.1 Å². The van der Waals surface area contributed by atoms with E-state index in [1.54, 1.807) is 0 Å². The molecule has 1 fully saturated rings. The van der Waals surface area contributed by atoms with Crippen molar-refractivity contribution in [2.24, 2.45) is 16.7 Å². The zero-order valence-corrected chi connectivity index (χ0v) is 12.0. The maximum Gasteiger partial charge on any atom is 0.0598 e. The maximum absolute atomic E-state index is 5.97. The van der Waals surface area contributed by atoms with Crippen molar-refractivity contribution in [2.45, 2.75) is 54.1 Å². The molecule has 0 spiro atoms. The molecule has 0 aliphatic carbocycles. The van der Waals surface area contributed by atoms with Gasteiger partial charge in [0.1, 0.15) is 0 Å². The SMILES string of the molecule is C[C@H](C(C)(C)C)C1(COC(C)(C)C)COC1. The molecular weight excluding hydrogens is 200 g/mol. The monoisotopic (exact) mass is 228 g/mol. The Morgan fingerprint density at radius 3 is 1.88 bits per heavy atom. The molecule has 0 radical (unpaired) electrons. The number of hydrogen-bond acceptors (Lipinski definition) is 2. The summed E-state index contributed by atoms with van der Waals surface area (Å²) in [5, 5.41) is 0. The van der Waals surface area contributed by atoms with Gasteiger partial charge in [-0.15, -0.1) is 0 Å². The van der Waals surface area contributed by atoms with Gasteiger partial charge in [-0.3, -0.25) is 0 Å². The highest BCUT2D eigenvalue weighted by molar-refractivity contribution is 4.95. The van der Waals surface area contributed by atoms with E-state index in [-0.39, 0.29) is 11.0 Å². The van der Waals surface area contributed by atoms with Crippen LogP contribution in [0.1, 0.15) is 48.5 Å². The average molecular weight is 228 g/mol. The van der Waals surface area contributed by atoms with E-state index in [1.807, 2.05) is 0 Å². The summed E-state index contributed by atoms with van der Waals surface area (Å²) in [7, 11) is 0. The van der Waals surface area contributed by atoms with Gasteiger partial charge < -0.3 is 9.47 Å². The molecule has 96 valence electrons. The van der Waals surface area contributed by atoms with Gasteiger partial charge in [0, 0.05) is 5.41 Å². The van der Waals surface area contributed by atoms with Gasteiger partial charge in [0.05, 0.1) is 25.4 Å². The fourth-order valence-electron chi connectivity index (χ4n) is 2.10. The zero-order valence-electron chi connectivity index (χ0n) is 12.0. The molecule has 0 bridgehead atoms. The van der Waals surface area contributed by atoms with Gasteiger partial charge >= 0.3 is 0 Å². The Balaban J connectivity index is 2.64. The summed E-state index contributed by atoms with van der Waals surface area (Å²) < 4.78 is 11.4. The fraction of sp³-hybridized carbons (Fsp3) is 1.00. The summed E-state index contributed by atoms with van der Waals surface area (Å²) in [4.78, 5) is 0. The molecule has 1 saturated heterocycles. The standard InChI is InChI=1S/C14H28O2/c1-11(12(2,3)4)14(8-15-9-14)10-16-13(5,6)7/h11H,8-10H2,1-7H3/t11-/m1/s1. The molecule has 0 aromatic heterocycles. The van der Waals surface area contributed by atoms with Crippen molar-refractivity contribution in [3.63, 3.8) is 0 Å². The molecule has 0 aromatic carbocycles. The van der Waals surface area contributed by atoms with Crippen LogP contribution in [0.15, 0.2) is 0 Å². The molecule has 16 heavy (non-hydrogen) atoms. The van der Waals surface area contributed by atoms with Gasteiger partial charge in [-0.1, -0.05) is 27.7 Å². The van der Waals surface area contributed by atoms with Crippen molar-refractivity contribution in [2.75, 3.05) is 19.8 Å². The van der Waals surface area contributed by atoms with Crippen molar-refractivity contribution in [3.8, 4) is 0 Å².